The summed E-state index contributed by atoms with van der Waals surface area (Å²) in [5.74, 6) is -0.625. The molecule has 6 aromatic rings. The Morgan fingerprint density at radius 1 is 0.737 bits per heavy atom. The van der Waals surface area contributed by atoms with E-state index in [0.29, 0.717) is 11.3 Å². The summed E-state index contributed by atoms with van der Waals surface area (Å²) in [7, 11) is 0. The van der Waals surface area contributed by atoms with Crippen molar-refractivity contribution in [2.24, 2.45) is 5.73 Å². The van der Waals surface area contributed by atoms with Crippen molar-refractivity contribution in [3.63, 3.8) is 0 Å². The molecule has 6 rings (SSSR count). The quantitative estimate of drug-likeness (QED) is 0.249. The van der Waals surface area contributed by atoms with Gasteiger partial charge in [-0.15, -0.1) is 0 Å². The van der Waals surface area contributed by atoms with Crippen LogP contribution in [0.4, 0.5) is 13.2 Å². The molecule has 7 heteroatoms. The van der Waals surface area contributed by atoms with Gasteiger partial charge in [-0.05, 0) is 75.1 Å². The van der Waals surface area contributed by atoms with E-state index in [2.05, 4.69) is 5.10 Å². The third-order valence-electron chi connectivity index (χ3n) is 6.62. The van der Waals surface area contributed by atoms with Gasteiger partial charge in [-0.25, -0.2) is 4.68 Å². The number of amides is 1. The van der Waals surface area contributed by atoms with Crippen LogP contribution in [-0.2, 0) is 6.18 Å². The van der Waals surface area contributed by atoms with Crippen molar-refractivity contribution in [1.29, 1.82) is 0 Å². The molecule has 1 heterocycles. The third-order valence-corrected chi connectivity index (χ3v) is 6.62. The Bertz CT molecular complexity index is 1820. The van der Waals surface area contributed by atoms with Crippen LogP contribution in [0.5, 0.6) is 0 Å². The zero-order chi connectivity index (χ0) is 26.4. The lowest BCUT2D eigenvalue weighted by molar-refractivity contribution is -0.141. The molecule has 0 atom stereocenters. The number of nitrogens with zero attached hydrogens (tertiary/aromatic N) is 2. The molecule has 186 valence electrons. The van der Waals surface area contributed by atoms with Gasteiger partial charge in [0.25, 0.3) is 0 Å². The highest BCUT2D eigenvalue weighted by Gasteiger charge is 2.36. The van der Waals surface area contributed by atoms with E-state index in [4.69, 9.17) is 5.73 Å². The van der Waals surface area contributed by atoms with Gasteiger partial charge < -0.3 is 5.73 Å². The van der Waals surface area contributed by atoms with Crippen LogP contribution in [-0.4, -0.2) is 15.7 Å². The Morgan fingerprint density at radius 2 is 1.39 bits per heavy atom. The van der Waals surface area contributed by atoms with E-state index < -0.39 is 17.8 Å². The predicted octanol–water partition coefficient (Wildman–Crippen LogP) is 7.63. The summed E-state index contributed by atoms with van der Waals surface area (Å²) in [6, 6.07) is 32.5. The molecule has 0 aliphatic carbocycles. The summed E-state index contributed by atoms with van der Waals surface area (Å²) in [6.45, 7) is 0. The molecule has 0 saturated carbocycles. The fourth-order valence-corrected chi connectivity index (χ4v) is 4.81. The minimum atomic E-state index is -4.66. The second kappa shape index (κ2) is 8.88. The molecule has 0 radical (unpaired) electrons. The summed E-state index contributed by atoms with van der Waals surface area (Å²) in [5.41, 5.74) is 7.52. The van der Waals surface area contributed by atoms with Gasteiger partial charge in [-0.1, -0.05) is 66.7 Å². The predicted molar refractivity (Wildman–Crippen MR) is 143 cm³/mol. The van der Waals surface area contributed by atoms with Crippen LogP contribution in [0.3, 0.4) is 0 Å². The Balaban J connectivity index is 1.71. The zero-order valence-electron chi connectivity index (χ0n) is 19.9. The molecule has 0 bridgehead atoms. The number of alkyl halides is 3. The van der Waals surface area contributed by atoms with Gasteiger partial charge in [0.1, 0.15) is 0 Å². The maximum Gasteiger partial charge on any atom is 0.435 e. The summed E-state index contributed by atoms with van der Waals surface area (Å²) >= 11 is 0. The van der Waals surface area contributed by atoms with Crippen LogP contribution >= 0.6 is 0 Å². The summed E-state index contributed by atoms with van der Waals surface area (Å²) in [4.78, 5) is 11.6. The number of hydrogen-bond acceptors (Lipinski definition) is 2. The van der Waals surface area contributed by atoms with E-state index >= 15 is 0 Å². The van der Waals surface area contributed by atoms with Crippen molar-refractivity contribution < 1.29 is 18.0 Å². The molecule has 38 heavy (non-hydrogen) atoms. The Labute approximate surface area is 215 Å². The van der Waals surface area contributed by atoms with E-state index in [0.717, 1.165) is 38.7 Å². The minimum absolute atomic E-state index is 0.250. The standard InChI is InChI=1S/C31H20F3N3O/c32-31(33,34)28-18-27(37(36-28)24-13-10-20(11-14-24)30(35)38)29-25(19-6-2-1-3-7-19)15-12-23-16-21-8-4-5-9-22(21)17-26(23)29/h1-18H,(H2,35,38). The lowest BCUT2D eigenvalue weighted by Crippen LogP contribution is -2.11. The molecule has 0 fully saturated rings. The number of primary amides is 1. The van der Waals surface area contributed by atoms with Crippen LogP contribution in [0.2, 0.25) is 0 Å². The second-order valence-corrected chi connectivity index (χ2v) is 9.01. The topological polar surface area (TPSA) is 60.9 Å². The number of rotatable bonds is 4. The summed E-state index contributed by atoms with van der Waals surface area (Å²) in [5, 5.41) is 7.68. The monoisotopic (exact) mass is 507 g/mol. The van der Waals surface area contributed by atoms with E-state index in [1.165, 1.54) is 16.8 Å². The second-order valence-electron chi connectivity index (χ2n) is 9.01. The maximum absolute atomic E-state index is 14.0. The van der Waals surface area contributed by atoms with Gasteiger partial charge in [0.05, 0.1) is 11.4 Å². The van der Waals surface area contributed by atoms with Gasteiger partial charge in [0, 0.05) is 11.1 Å². The van der Waals surface area contributed by atoms with Gasteiger partial charge in [-0.3, -0.25) is 4.79 Å². The van der Waals surface area contributed by atoms with E-state index in [1.807, 2.05) is 78.9 Å². The molecule has 5 aromatic carbocycles. The minimum Gasteiger partial charge on any atom is -0.366 e. The lowest BCUT2D eigenvalue weighted by atomic mass is 9.90. The highest BCUT2D eigenvalue weighted by Crippen LogP contribution is 2.42. The lowest BCUT2D eigenvalue weighted by Gasteiger charge is -2.16. The fourth-order valence-electron chi connectivity index (χ4n) is 4.81. The molecule has 0 aliphatic heterocycles. The first-order valence-corrected chi connectivity index (χ1v) is 11.9. The van der Waals surface area contributed by atoms with Crippen LogP contribution in [0.25, 0.3) is 49.6 Å². The molecule has 0 saturated heterocycles. The highest BCUT2D eigenvalue weighted by molar-refractivity contribution is 6.09. The van der Waals surface area contributed by atoms with E-state index in [1.54, 1.807) is 12.1 Å². The Kier molecular flexibility index (Phi) is 5.49. The average Bonchev–Trinajstić information content (AvgIpc) is 3.38. The largest absolute Gasteiger partial charge is 0.435 e. The summed E-state index contributed by atoms with van der Waals surface area (Å²) < 4.78 is 43.3. The Morgan fingerprint density at radius 3 is 2.05 bits per heavy atom. The molecule has 2 N–H and O–H groups in total. The number of fused-ring (bicyclic) bond motifs is 2. The smallest absolute Gasteiger partial charge is 0.366 e. The third kappa shape index (κ3) is 4.08. The molecular weight excluding hydrogens is 487 g/mol. The van der Waals surface area contributed by atoms with Crippen LogP contribution in [0.15, 0.2) is 109 Å². The van der Waals surface area contributed by atoms with Crippen molar-refractivity contribution in [3.8, 4) is 28.1 Å². The van der Waals surface area contributed by atoms with Crippen molar-refractivity contribution in [2.45, 2.75) is 6.18 Å². The van der Waals surface area contributed by atoms with Crippen molar-refractivity contribution in [1.82, 2.24) is 9.78 Å². The first kappa shape index (κ1) is 23.5. The van der Waals surface area contributed by atoms with Gasteiger partial charge in [0.15, 0.2) is 5.69 Å². The highest BCUT2D eigenvalue weighted by atomic mass is 19.4. The summed E-state index contributed by atoms with van der Waals surface area (Å²) in [6.07, 6.45) is -4.66. The normalized spacial score (nSPS) is 11.8. The SMILES string of the molecule is NC(=O)c1ccc(-n2nc(C(F)(F)F)cc2-c2c(-c3ccccc3)ccc3cc4ccccc4cc23)cc1. The van der Waals surface area contributed by atoms with E-state index in [9.17, 15) is 18.0 Å². The van der Waals surface area contributed by atoms with Crippen LogP contribution in [0, 0.1) is 0 Å². The maximum atomic E-state index is 14.0. The number of carbonyl (C=O) groups is 1. The van der Waals surface area contributed by atoms with E-state index in [-0.39, 0.29) is 11.3 Å². The van der Waals surface area contributed by atoms with Crippen molar-refractivity contribution in [3.05, 3.63) is 120 Å². The molecule has 0 unspecified atom stereocenters. The number of hydrogen-bond donors (Lipinski definition) is 1. The number of nitrogens with two attached hydrogens (primary N) is 1. The molecule has 0 spiro atoms. The van der Waals surface area contributed by atoms with Gasteiger partial charge in [0.2, 0.25) is 5.91 Å². The molecule has 0 aliphatic rings. The molecular formula is C31H20F3N3O. The Hall–Kier alpha value is -4.91. The first-order chi connectivity index (χ1) is 18.3. The number of benzene rings is 5. The number of carbonyl (C=O) groups excluding carboxylic acids is 1. The molecule has 1 aromatic heterocycles. The van der Waals surface area contributed by atoms with Crippen molar-refractivity contribution >= 4 is 27.5 Å². The number of halogens is 3. The van der Waals surface area contributed by atoms with Crippen molar-refractivity contribution in [2.75, 3.05) is 0 Å². The van der Waals surface area contributed by atoms with Crippen LogP contribution < -0.4 is 5.73 Å². The first-order valence-electron chi connectivity index (χ1n) is 11.9. The molecule has 4 nitrogen and oxygen atoms in total. The van der Waals surface area contributed by atoms with Gasteiger partial charge >= 0.3 is 6.18 Å². The fraction of sp³-hybridized carbons (Fsp3) is 0.0323. The number of aromatic nitrogens is 2. The van der Waals surface area contributed by atoms with Gasteiger partial charge in [-0.2, -0.15) is 18.3 Å². The molecule has 1 amide bonds. The zero-order valence-corrected chi connectivity index (χ0v) is 19.9. The van der Waals surface area contributed by atoms with Crippen LogP contribution in [0.1, 0.15) is 16.1 Å². The average molecular weight is 508 g/mol.